The maximum atomic E-state index is 3.51. The molecule has 0 nitrogen and oxygen atoms in total. The summed E-state index contributed by atoms with van der Waals surface area (Å²) >= 11 is 3.51. The first-order valence-corrected chi connectivity index (χ1v) is 8.04. The van der Waals surface area contributed by atoms with Gasteiger partial charge in [0.25, 0.3) is 0 Å². The summed E-state index contributed by atoms with van der Waals surface area (Å²) in [5, 5.41) is 0. The van der Waals surface area contributed by atoms with Gasteiger partial charge in [0, 0.05) is 4.83 Å². The Balaban J connectivity index is 2.88. The quantitative estimate of drug-likeness (QED) is 0.354. The molecular formula is C15H30Br. The van der Waals surface area contributed by atoms with E-state index in [4.69, 9.17) is 0 Å². The van der Waals surface area contributed by atoms with Gasteiger partial charge in [-0.1, -0.05) is 93.5 Å². The van der Waals surface area contributed by atoms with E-state index in [1.54, 1.807) is 0 Å². The molecule has 0 aliphatic heterocycles. The van der Waals surface area contributed by atoms with Crippen LogP contribution in [0.2, 0.25) is 0 Å². The second kappa shape index (κ2) is 13.5. The Bertz CT molecular complexity index is 121. The van der Waals surface area contributed by atoms with Gasteiger partial charge >= 0.3 is 0 Å². The fourth-order valence-electron chi connectivity index (χ4n) is 2.03. The first-order valence-electron chi connectivity index (χ1n) is 7.25. The van der Waals surface area contributed by atoms with Crippen molar-refractivity contribution < 1.29 is 0 Å². The minimum absolute atomic E-state index is 1.26. The molecule has 0 heterocycles. The van der Waals surface area contributed by atoms with Crippen LogP contribution in [0.25, 0.3) is 0 Å². The lowest BCUT2D eigenvalue weighted by Gasteiger charge is -2.03. The summed E-state index contributed by atoms with van der Waals surface area (Å²) in [5.41, 5.74) is 0. The molecule has 0 saturated carbocycles. The predicted molar refractivity (Wildman–Crippen MR) is 78.9 cm³/mol. The molecule has 0 aromatic carbocycles. The summed E-state index contributed by atoms with van der Waals surface area (Å²) in [5.74, 6) is 0. The second-order valence-corrected chi connectivity index (χ2v) is 6.32. The molecule has 16 heavy (non-hydrogen) atoms. The Labute approximate surface area is 112 Å². The van der Waals surface area contributed by atoms with E-state index in [0.29, 0.717) is 0 Å². The van der Waals surface area contributed by atoms with Crippen molar-refractivity contribution in [3.63, 3.8) is 0 Å². The van der Waals surface area contributed by atoms with E-state index >= 15 is 0 Å². The van der Waals surface area contributed by atoms with Crippen LogP contribution < -0.4 is 0 Å². The van der Waals surface area contributed by atoms with Crippen molar-refractivity contribution in [3.05, 3.63) is 4.83 Å². The topological polar surface area (TPSA) is 0 Å². The molecule has 0 fully saturated rings. The van der Waals surface area contributed by atoms with Crippen molar-refractivity contribution in [2.45, 2.75) is 90.9 Å². The van der Waals surface area contributed by atoms with Crippen molar-refractivity contribution >= 4 is 15.9 Å². The first kappa shape index (κ1) is 16.5. The summed E-state index contributed by atoms with van der Waals surface area (Å²) in [4.78, 5) is 1.41. The molecule has 0 spiro atoms. The lowest BCUT2D eigenvalue weighted by molar-refractivity contribution is 0.548. The number of hydrogen-bond donors (Lipinski definition) is 0. The molecule has 0 rings (SSSR count). The van der Waals surface area contributed by atoms with Gasteiger partial charge in [-0.3, -0.25) is 0 Å². The highest BCUT2D eigenvalue weighted by Crippen LogP contribution is 2.18. The number of hydrogen-bond acceptors (Lipinski definition) is 0. The average molecular weight is 290 g/mol. The first-order chi connectivity index (χ1) is 7.77. The normalized spacial score (nSPS) is 11.2. The van der Waals surface area contributed by atoms with Gasteiger partial charge < -0.3 is 0 Å². The third kappa shape index (κ3) is 14.5. The highest BCUT2D eigenvalue weighted by Gasteiger charge is 1.96. The van der Waals surface area contributed by atoms with Gasteiger partial charge in [-0.15, -0.1) is 0 Å². The summed E-state index contributed by atoms with van der Waals surface area (Å²) < 4.78 is 0. The minimum atomic E-state index is 1.26. The Morgan fingerprint density at radius 3 is 1.44 bits per heavy atom. The number of halogens is 1. The molecule has 0 saturated heterocycles. The molecule has 0 aliphatic carbocycles. The number of rotatable bonds is 12. The lowest BCUT2D eigenvalue weighted by Crippen LogP contribution is -1.84. The van der Waals surface area contributed by atoms with Crippen molar-refractivity contribution in [1.29, 1.82) is 0 Å². The van der Waals surface area contributed by atoms with E-state index in [1.165, 1.54) is 81.9 Å². The Kier molecular flexibility index (Phi) is 14.0. The molecule has 1 radical (unpaired) electrons. The molecule has 0 unspecified atom stereocenters. The average Bonchev–Trinajstić information content (AvgIpc) is 2.25. The zero-order valence-electron chi connectivity index (χ0n) is 11.4. The van der Waals surface area contributed by atoms with Crippen molar-refractivity contribution in [3.8, 4) is 0 Å². The highest BCUT2D eigenvalue weighted by atomic mass is 79.9. The molecule has 0 amide bonds. The van der Waals surface area contributed by atoms with Crippen LogP contribution in [0.4, 0.5) is 0 Å². The van der Waals surface area contributed by atoms with E-state index < -0.39 is 0 Å². The maximum absolute atomic E-state index is 3.51. The van der Waals surface area contributed by atoms with Crippen LogP contribution in [-0.2, 0) is 0 Å². The summed E-state index contributed by atoms with van der Waals surface area (Å²) in [6.45, 7) is 4.45. The van der Waals surface area contributed by atoms with Crippen LogP contribution in [0.5, 0.6) is 0 Å². The molecule has 0 bridgehead atoms. The fraction of sp³-hybridized carbons (Fsp3) is 0.933. The predicted octanol–water partition coefficient (Wildman–Crippen LogP) is 6.63. The van der Waals surface area contributed by atoms with Gasteiger partial charge in [-0.2, -0.15) is 0 Å². The molecular weight excluding hydrogens is 260 g/mol. The third-order valence-corrected chi connectivity index (χ3v) is 3.52. The Morgan fingerprint density at radius 1 is 0.688 bits per heavy atom. The van der Waals surface area contributed by atoms with Crippen molar-refractivity contribution in [2.24, 2.45) is 0 Å². The van der Waals surface area contributed by atoms with E-state index in [9.17, 15) is 0 Å². The Hall–Kier alpha value is 0.480. The molecule has 0 aromatic heterocycles. The van der Waals surface area contributed by atoms with Crippen molar-refractivity contribution in [2.75, 3.05) is 0 Å². The molecule has 1 heteroatoms. The summed E-state index contributed by atoms with van der Waals surface area (Å²) in [6, 6.07) is 0. The van der Waals surface area contributed by atoms with Crippen molar-refractivity contribution in [1.82, 2.24) is 0 Å². The van der Waals surface area contributed by atoms with Gasteiger partial charge in [-0.25, -0.2) is 0 Å². The molecule has 0 aliphatic rings. The fourth-order valence-corrected chi connectivity index (χ4v) is 2.31. The summed E-state index contributed by atoms with van der Waals surface area (Å²) in [6.07, 6.45) is 17.0. The molecule has 0 N–H and O–H groups in total. The van der Waals surface area contributed by atoms with Gasteiger partial charge in [0.1, 0.15) is 0 Å². The smallest absolute Gasteiger partial charge is 0.0380 e. The zero-order valence-corrected chi connectivity index (χ0v) is 12.9. The largest absolute Gasteiger partial charge is 0.0841 e. The molecule has 0 aromatic rings. The zero-order chi connectivity index (χ0) is 12.1. The van der Waals surface area contributed by atoms with Gasteiger partial charge in [0.05, 0.1) is 0 Å². The van der Waals surface area contributed by atoms with Crippen LogP contribution in [0.15, 0.2) is 0 Å². The van der Waals surface area contributed by atoms with E-state index in [2.05, 4.69) is 29.8 Å². The van der Waals surface area contributed by atoms with Gasteiger partial charge in [0.15, 0.2) is 0 Å². The van der Waals surface area contributed by atoms with Gasteiger partial charge in [-0.05, 0) is 13.3 Å². The van der Waals surface area contributed by atoms with Crippen LogP contribution in [-0.4, -0.2) is 0 Å². The molecule has 0 atom stereocenters. The van der Waals surface area contributed by atoms with Gasteiger partial charge in [0.2, 0.25) is 0 Å². The van der Waals surface area contributed by atoms with E-state index in [1.807, 2.05) is 0 Å². The monoisotopic (exact) mass is 289 g/mol. The van der Waals surface area contributed by atoms with E-state index in [-0.39, 0.29) is 0 Å². The maximum Gasteiger partial charge on any atom is 0.0380 e. The third-order valence-electron chi connectivity index (χ3n) is 3.12. The SMILES string of the molecule is CCCCCCCCCCCCC[C](C)Br. The van der Waals surface area contributed by atoms with Crippen LogP contribution >= 0.6 is 15.9 Å². The summed E-state index contributed by atoms with van der Waals surface area (Å²) in [7, 11) is 0. The Morgan fingerprint density at radius 2 is 1.06 bits per heavy atom. The lowest BCUT2D eigenvalue weighted by atomic mass is 10.1. The molecule has 97 valence electrons. The number of unbranched alkanes of at least 4 members (excludes halogenated alkanes) is 10. The van der Waals surface area contributed by atoms with E-state index in [0.717, 1.165) is 0 Å². The standard InChI is InChI=1S/C15H30Br/c1-3-4-5-6-7-8-9-10-11-12-13-14-15(2)16/h3-14H2,1-2H3. The van der Waals surface area contributed by atoms with Crippen LogP contribution in [0.1, 0.15) is 90.9 Å². The van der Waals surface area contributed by atoms with Crippen LogP contribution in [0.3, 0.4) is 0 Å². The highest BCUT2D eigenvalue weighted by molar-refractivity contribution is 9.11. The van der Waals surface area contributed by atoms with Crippen LogP contribution in [0, 0.1) is 4.83 Å². The second-order valence-electron chi connectivity index (χ2n) is 4.96. The minimum Gasteiger partial charge on any atom is -0.0841 e.